The predicted octanol–water partition coefficient (Wildman–Crippen LogP) is 11.5. The highest BCUT2D eigenvalue weighted by Gasteiger charge is 2.09. The van der Waals surface area contributed by atoms with Crippen molar-refractivity contribution in [1.29, 1.82) is 0 Å². The maximum Gasteiger partial charge on any atom is -0.0443 e. The molecule has 0 heteroatoms. The normalized spacial score (nSPS) is 16.9. The highest BCUT2D eigenvalue weighted by atomic mass is 14.2. The number of unbranched alkanes of at least 4 members (excludes halogenated alkanes) is 1. The van der Waals surface area contributed by atoms with Crippen molar-refractivity contribution in [3.8, 4) is 0 Å². The van der Waals surface area contributed by atoms with Crippen LogP contribution in [0.3, 0.4) is 0 Å². The Morgan fingerprint density at radius 2 is 0.581 bits per heavy atom. The van der Waals surface area contributed by atoms with Gasteiger partial charge in [0.25, 0.3) is 0 Å². The summed E-state index contributed by atoms with van der Waals surface area (Å²) in [6.45, 7) is 19.4. The minimum absolute atomic E-state index is 0.877. The molecule has 0 aromatic carbocycles. The zero-order valence-corrected chi connectivity index (χ0v) is 23.5. The first kappa shape index (κ1) is 31.0. The third-order valence-corrected chi connectivity index (χ3v) is 8.00. The number of hydrogen-bond acceptors (Lipinski definition) is 0. The van der Waals surface area contributed by atoms with Gasteiger partial charge in [-0.2, -0.15) is 0 Å². The van der Waals surface area contributed by atoms with Gasteiger partial charge in [0.1, 0.15) is 0 Å². The average molecular weight is 437 g/mol. The Hall–Kier alpha value is 0. The summed E-state index contributed by atoms with van der Waals surface area (Å²) in [6, 6.07) is 0. The second-order valence-corrected chi connectivity index (χ2v) is 12.3. The van der Waals surface area contributed by atoms with Crippen LogP contribution in [0.4, 0.5) is 0 Å². The van der Waals surface area contributed by atoms with Crippen LogP contribution in [0.1, 0.15) is 165 Å². The molecule has 0 heterocycles. The van der Waals surface area contributed by atoms with Crippen LogP contribution < -0.4 is 0 Å². The lowest BCUT2D eigenvalue weighted by Crippen LogP contribution is -2.02. The van der Waals surface area contributed by atoms with Gasteiger partial charge in [-0.3, -0.25) is 0 Å². The van der Waals surface area contributed by atoms with Crippen molar-refractivity contribution in [1.82, 2.24) is 0 Å². The summed E-state index contributed by atoms with van der Waals surface area (Å²) >= 11 is 0. The molecule has 0 radical (unpaired) electrons. The number of hydrogen-bond donors (Lipinski definition) is 0. The summed E-state index contributed by atoms with van der Waals surface area (Å²) in [4.78, 5) is 0. The summed E-state index contributed by atoms with van der Waals surface area (Å²) in [6.07, 6.45) is 24.6. The Bertz CT molecular complexity index is 357. The van der Waals surface area contributed by atoms with Crippen LogP contribution in [-0.2, 0) is 0 Å². The van der Waals surface area contributed by atoms with E-state index in [9.17, 15) is 0 Å². The molecule has 0 rings (SSSR count). The maximum atomic E-state index is 2.50. The smallest absolute Gasteiger partial charge is 0.0443 e. The van der Waals surface area contributed by atoms with Crippen molar-refractivity contribution < 1.29 is 0 Å². The molecule has 0 fully saturated rings. The molecule has 0 nitrogen and oxygen atoms in total. The first-order valence-electron chi connectivity index (χ1n) is 14.7. The van der Waals surface area contributed by atoms with Crippen molar-refractivity contribution in [2.45, 2.75) is 165 Å². The van der Waals surface area contributed by atoms with E-state index < -0.39 is 0 Å². The fourth-order valence-corrected chi connectivity index (χ4v) is 5.09. The molecule has 31 heavy (non-hydrogen) atoms. The molecule has 5 unspecified atom stereocenters. The van der Waals surface area contributed by atoms with Crippen molar-refractivity contribution >= 4 is 0 Å². The van der Waals surface area contributed by atoms with Gasteiger partial charge in [0.05, 0.1) is 0 Å². The van der Waals surface area contributed by atoms with E-state index in [2.05, 4.69) is 55.4 Å². The fraction of sp³-hybridized carbons (Fsp3) is 1.00. The van der Waals surface area contributed by atoms with Crippen LogP contribution in [0.2, 0.25) is 0 Å². The van der Waals surface area contributed by atoms with E-state index in [-0.39, 0.29) is 0 Å². The second-order valence-electron chi connectivity index (χ2n) is 12.3. The van der Waals surface area contributed by atoms with E-state index in [1.807, 2.05) is 0 Å². The lowest BCUT2D eigenvalue weighted by atomic mass is 9.90. The highest BCUT2D eigenvalue weighted by molar-refractivity contribution is 4.62. The van der Waals surface area contributed by atoms with Gasteiger partial charge in [-0.05, 0) is 35.5 Å². The monoisotopic (exact) mass is 437 g/mol. The van der Waals surface area contributed by atoms with Crippen LogP contribution in [0.15, 0.2) is 0 Å². The highest BCUT2D eigenvalue weighted by Crippen LogP contribution is 2.24. The topological polar surface area (TPSA) is 0 Å². The van der Waals surface area contributed by atoms with Gasteiger partial charge >= 0.3 is 0 Å². The average Bonchev–Trinajstić information content (AvgIpc) is 2.70. The molecule has 0 saturated carbocycles. The lowest BCUT2D eigenvalue weighted by molar-refractivity contribution is 0.365. The zero-order valence-electron chi connectivity index (χ0n) is 23.5. The van der Waals surface area contributed by atoms with E-state index in [4.69, 9.17) is 0 Å². The Morgan fingerprint density at radius 3 is 0.871 bits per heavy atom. The maximum absolute atomic E-state index is 2.50. The van der Waals surface area contributed by atoms with Crippen LogP contribution in [0.5, 0.6) is 0 Å². The van der Waals surface area contributed by atoms with Crippen LogP contribution >= 0.6 is 0 Å². The van der Waals surface area contributed by atoms with Crippen molar-refractivity contribution in [3.63, 3.8) is 0 Å². The molecule has 188 valence electrons. The molecular formula is C31H64. The molecule has 0 aromatic rings. The van der Waals surface area contributed by atoms with Gasteiger partial charge in [0.2, 0.25) is 0 Å². The first-order chi connectivity index (χ1) is 14.7. The molecule has 0 aromatic heterocycles. The number of rotatable bonds is 22. The molecule has 0 N–H and O–H groups in total. The van der Waals surface area contributed by atoms with Crippen LogP contribution in [-0.4, -0.2) is 0 Å². The van der Waals surface area contributed by atoms with Gasteiger partial charge in [-0.15, -0.1) is 0 Å². The first-order valence-corrected chi connectivity index (χ1v) is 14.7. The molecule has 0 bridgehead atoms. The lowest BCUT2D eigenvalue weighted by Gasteiger charge is -2.17. The molecular weight excluding hydrogens is 372 g/mol. The summed E-state index contributed by atoms with van der Waals surface area (Å²) in [7, 11) is 0. The van der Waals surface area contributed by atoms with Crippen molar-refractivity contribution in [2.24, 2.45) is 35.5 Å². The predicted molar refractivity (Wildman–Crippen MR) is 145 cm³/mol. The van der Waals surface area contributed by atoms with E-state index in [1.54, 1.807) is 0 Å². The van der Waals surface area contributed by atoms with Crippen LogP contribution in [0.25, 0.3) is 0 Å². The van der Waals surface area contributed by atoms with Crippen LogP contribution in [0, 0.1) is 35.5 Å². The van der Waals surface area contributed by atoms with Gasteiger partial charge < -0.3 is 0 Å². The zero-order chi connectivity index (χ0) is 23.5. The molecule has 5 atom stereocenters. The summed E-state index contributed by atoms with van der Waals surface area (Å²) in [5.74, 6) is 5.56. The Morgan fingerprint density at radius 1 is 0.323 bits per heavy atom. The second kappa shape index (κ2) is 20.6. The van der Waals surface area contributed by atoms with Gasteiger partial charge in [0, 0.05) is 0 Å². The van der Waals surface area contributed by atoms with E-state index in [0.29, 0.717) is 0 Å². The van der Waals surface area contributed by atoms with Gasteiger partial charge in [0.15, 0.2) is 0 Å². The van der Waals surface area contributed by atoms with Crippen molar-refractivity contribution in [2.75, 3.05) is 0 Å². The molecule has 0 aliphatic rings. The molecule has 0 amide bonds. The molecule has 0 aliphatic carbocycles. The largest absolute Gasteiger partial charge is 0.0651 e. The molecule has 0 aliphatic heterocycles. The minimum Gasteiger partial charge on any atom is -0.0651 e. The summed E-state index contributed by atoms with van der Waals surface area (Å²) in [5.41, 5.74) is 0. The quantitative estimate of drug-likeness (QED) is 0.148. The fourth-order valence-electron chi connectivity index (χ4n) is 5.09. The van der Waals surface area contributed by atoms with Crippen molar-refractivity contribution in [3.05, 3.63) is 0 Å². The van der Waals surface area contributed by atoms with E-state index in [0.717, 1.165) is 35.5 Å². The van der Waals surface area contributed by atoms with Gasteiger partial charge in [-0.25, -0.2) is 0 Å². The summed E-state index contributed by atoms with van der Waals surface area (Å²) < 4.78 is 0. The minimum atomic E-state index is 0.877. The Balaban J connectivity index is 3.56. The third-order valence-electron chi connectivity index (χ3n) is 8.00. The standard InChI is InChI=1S/C31H64/c1-9-27(4)19-13-21-28(5)17-10-11-18-29(6)22-14-24-31(8)25-15-23-30(7)20-12-16-26(2)3/h26-31H,9-25H2,1-8H3. The Labute approximate surface area is 200 Å². The van der Waals surface area contributed by atoms with E-state index in [1.165, 1.54) is 109 Å². The summed E-state index contributed by atoms with van der Waals surface area (Å²) in [5, 5.41) is 0. The van der Waals surface area contributed by atoms with Gasteiger partial charge in [-0.1, -0.05) is 165 Å². The molecule has 0 spiro atoms. The molecule has 0 saturated heterocycles. The SMILES string of the molecule is CCC(C)CCCC(C)CCCCC(C)CCCC(C)CCCC(C)CCCC(C)C. The third kappa shape index (κ3) is 21.6. The Kier molecular flexibility index (Phi) is 20.6. The van der Waals surface area contributed by atoms with E-state index >= 15 is 0 Å².